The number of hydrogen-bond donors (Lipinski definition) is 1. The van der Waals surface area contributed by atoms with Crippen LogP contribution in [0.3, 0.4) is 0 Å². The normalized spacial score (nSPS) is 21.1. The summed E-state index contributed by atoms with van der Waals surface area (Å²) in [7, 11) is -3.63. The first-order chi connectivity index (χ1) is 7.28. The number of benzene rings is 1. The minimum atomic E-state index is -3.63. The van der Waals surface area contributed by atoms with E-state index in [9.17, 15) is 13.2 Å². The molecular formula is C10H10BrNO3S. The third-order valence-electron chi connectivity index (χ3n) is 2.72. The van der Waals surface area contributed by atoms with Crippen LogP contribution in [-0.2, 0) is 14.6 Å². The van der Waals surface area contributed by atoms with Crippen LogP contribution in [0.25, 0.3) is 0 Å². The molecule has 1 amide bonds. The molecule has 16 heavy (non-hydrogen) atoms. The number of para-hydroxylation sites is 1. The number of sulfone groups is 1. The van der Waals surface area contributed by atoms with Crippen molar-refractivity contribution in [2.24, 2.45) is 0 Å². The maximum absolute atomic E-state index is 12.2. The molecule has 1 aliphatic rings. The summed E-state index contributed by atoms with van der Waals surface area (Å²) in [6, 6.07) is 4.82. The quantitative estimate of drug-likeness (QED) is 0.797. The maximum Gasteiger partial charge on any atom is 0.245 e. The Bertz CT molecular complexity index is 578. The highest BCUT2D eigenvalue weighted by Crippen LogP contribution is 2.39. The zero-order chi connectivity index (χ0) is 12.1. The summed E-state index contributed by atoms with van der Waals surface area (Å²) in [5.41, 5.74) is 0.326. The second-order valence-electron chi connectivity index (χ2n) is 4.08. The fourth-order valence-electron chi connectivity index (χ4n) is 1.51. The van der Waals surface area contributed by atoms with Crippen LogP contribution in [-0.4, -0.2) is 19.1 Å². The lowest BCUT2D eigenvalue weighted by Gasteiger charge is -2.30. The third kappa shape index (κ3) is 1.33. The first-order valence-corrected chi connectivity index (χ1v) is 6.90. The minimum Gasteiger partial charge on any atom is -0.323 e. The average molecular weight is 304 g/mol. The lowest BCUT2D eigenvalue weighted by molar-refractivity contribution is -0.118. The Kier molecular flexibility index (Phi) is 2.40. The number of hydrogen-bond acceptors (Lipinski definition) is 3. The SMILES string of the molecule is CC1(C)C(=O)Nc2c(Br)cccc2S1(=O)=O. The van der Waals surface area contributed by atoms with E-state index in [-0.39, 0.29) is 4.90 Å². The number of fused-ring (bicyclic) bond motifs is 1. The number of carbonyl (C=O) groups is 1. The van der Waals surface area contributed by atoms with Crippen LogP contribution >= 0.6 is 15.9 Å². The molecule has 0 saturated heterocycles. The van der Waals surface area contributed by atoms with Crippen molar-refractivity contribution < 1.29 is 13.2 Å². The van der Waals surface area contributed by atoms with Gasteiger partial charge in [-0.05, 0) is 41.9 Å². The van der Waals surface area contributed by atoms with E-state index in [2.05, 4.69) is 21.2 Å². The number of amides is 1. The Morgan fingerprint density at radius 2 is 1.94 bits per heavy atom. The van der Waals surface area contributed by atoms with E-state index in [1.54, 1.807) is 12.1 Å². The number of halogens is 1. The first kappa shape index (κ1) is 11.6. The Morgan fingerprint density at radius 3 is 2.56 bits per heavy atom. The molecule has 6 heteroatoms. The molecule has 0 spiro atoms. The van der Waals surface area contributed by atoms with Gasteiger partial charge < -0.3 is 5.32 Å². The molecule has 0 aromatic heterocycles. The van der Waals surface area contributed by atoms with Crippen molar-refractivity contribution in [1.82, 2.24) is 0 Å². The molecule has 86 valence electrons. The van der Waals surface area contributed by atoms with E-state index >= 15 is 0 Å². The van der Waals surface area contributed by atoms with Crippen molar-refractivity contribution in [1.29, 1.82) is 0 Å². The van der Waals surface area contributed by atoms with Crippen molar-refractivity contribution in [2.75, 3.05) is 5.32 Å². The molecule has 1 N–H and O–H groups in total. The maximum atomic E-state index is 12.2. The summed E-state index contributed by atoms with van der Waals surface area (Å²) in [6.45, 7) is 2.81. The van der Waals surface area contributed by atoms with Crippen LogP contribution in [0, 0.1) is 0 Å². The number of nitrogens with one attached hydrogen (secondary N) is 1. The monoisotopic (exact) mass is 303 g/mol. The Morgan fingerprint density at radius 1 is 1.31 bits per heavy atom. The molecule has 0 unspecified atom stereocenters. The van der Waals surface area contributed by atoms with Gasteiger partial charge in [-0.3, -0.25) is 4.79 Å². The van der Waals surface area contributed by atoms with Gasteiger partial charge in [0, 0.05) is 4.47 Å². The zero-order valence-corrected chi connectivity index (χ0v) is 11.1. The van der Waals surface area contributed by atoms with Gasteiger partial charge in [0.2, 0.25) is 5.91 Å². The van der Waals surface area contributed by atoms with Crippen molar-refractivity contribution in [2.45, 2.75) is 23.5 Å². The van der Waals surface area contributed by atoms with Gasteiger partial charge in [0.05, 0.1) is 10.6 Å². The van der Waals surface area contributed by atoms with Gasteiger partial charge in [-0.15, -0.1) is 0 Å². The van der Waals surface area contributed by atoms with Gasteiger partial charge in [0.15, 0.2) is 9.84 Å². The van der Waals surface area contributed by atoms with E-state index in [1.807, 2.05) is 0 Å². The van der Waals surface area contributed by atoms with Gasteiger partial charge in [-0.25, -0.2) is 8.42 Å². The molecule has 0 bridgehead atoms. The smallest absolute Gasteiger partial charge is 0.245 e. The van der Waals surface area contributed by atoms with Crippen LogP contribution in [0.2, 0.25) is 0 Å². The molecule has 0 saturated carbocycles. The molecule has 2 rings (SSSR count). The van der Waals surface area contributed by atoms with Crippen molar-refractivity contribution >= 4 is 37.4 Å². The highest BCUT2D eigenvalue weighted by atomic mass is 79.9. The highest BCUT2D eigenvalue weighted by Gasteiger charge is 2.47. The van der Waals surface area contributed by atoms with Crippen LogP contribution in [0.5, 0.6) is 0 Å². The van der Waals surface area contributed by atoms with E-state index in [0.29, 0.717) is 10.2 Å². The van der Waals surface area contributed by atoms with Gasteiger partial charge in [0.25, 0.3) is 0 Å². The minimum absolute atomic E-state index is 0.159. The van der Waals surface area contributed by atoms with Crippen LogP contribution in [0.1, 0.15) is 13.8 Å². The Labute approximate surface area is 102 Å². The van der Waals surface area contributed by atoms with Gasteiger partial charge >= 0.3 is 0 Å². The summed E-state index contributed by atoms with van der Waals surface area (Å²) >= 11 is 3.22. The van der Waals surface area contributed by atoms with Crippen LogP contribution in [0.4, 0.5) is 5.69 Å². The number of carbonyl (C=O) groups excluding carboxylic acids is 1. The fraction of sp³-hybridized carbons (Fsp3) is 0.300. The van der Waals surface area contributed by atoms with E-state index in [0.717, 1.165) is 0 Å². The second-order valence-corrected chi connectivity index (χ2v) is 7.40. The largest absolute Gasteiger partial charge is 0.323 e. The van der Waals surface area contributed by atoms with Crippen LogP contribution < -0.4 is 5.32 Å². The van der Waals surface area contributed by atoms with E-state index in [4.69, 9.17) is 0 Å². The summed E-state index contributed by atoms with van der Waals surface area (Å²) in [4.78, 5) is 11.9. The van der Waals surface area contributed by atoms with Gasteiger partial charge in [-0.1, -0.05) is 6.07 Å². The lowest BCUT2D eigenvalue weighted by atomic mass is 10.1. The molecule has 0 atom stereocenters. The van der Waals surface area contributed by atoms with Crippen molar-refractivity contribution in [3.63, 3.8) is 0 Å². The Hall–Kier alpha value is -0.880. The summed E-state index contributed by atoms with van der Waals surface area (Å²) in [5.74, 6) is -0.508. The highest BCUT2D eigenvalue weighted by molar-refractivity contribution is 9.10. The molecule has 1 aromatic rings. The second kappa shape index (κ2) is 3.30. The van der Waals surface area contributed by atoms with Gasteiger partial charge in [0.1, 0.15) is 4.75 Å². The van der Waals surface area contributed by atoms with E-state index in [1.165, 1.54) is 19.9 Å². The molecule has 1 heterocycles. The Balaban J connectivity index is 2.83. The molecule has 0 aliphatic carbocycles. The average Bonchev–Trinajstić information content (AvgIpc) is 2.18. The third-order valence-corrected chi connectivity index (χ3v) is 5.83. The number of anilines is 1. The molecule has 0 fully saturated rings. The molecular weight excluding hydrogens is 294 g/mol. The zero-order valence-electron chi connectivity index (χ0n) is 8.74. The standard InChI is InChI=1S/C10H10BrNO3S/c1-10(2)9(13)12-8-6(11)4-3-5-7(8)16(10,14)15/h3-5H,1-2H3,(H,12,13). The summed E-state index contributed by atoms with van der Waals surface area (Å²) < 4.78 is 23.6. The molecule has 0 radical (unpaired) electrons. The number of rotatable bonds is 0. The lowest BCUT2D eigenvalue weighted by Crippen LogP contribution is -2.48. The summed E-state index contributed by atoms with van der Waals surface area (Å²) in [6.07, 6.45) is 0. The topological polar surface area (TPSA) is 63.2 Å². The summed E-state index contributed by atoms with van der Waals surface area (Å²) in [5, 5.41) is 2.61. The first-order valence-electron chi connectivity index (χ1n) is 4.63. The molecule has 4 nitrogen and oxygen atoms in total. The molecule has 1 aliphatic heterocycles. The van der Waals surface area contributed by atoms with Crippen LogP contribution in [0.15, 0.2) is 27.6 Å². The van der Waals surface area contributed by atoms with Gasteiger partial charge in [-0.2, -0.15) is 0 Å². The molecule has 1 aromatic carbocycles. The predicted octanol–water partition coefficient (Wildman–Crippen LogP) is 1.95. The fourth-order valence-corrected chi connectivity index (χ4v) is 3.64. The van der Waals surface area contributed by atoms with E-state index < -0.39 is 20.5 Å². The van der Waals surface area contributed by atoms with Crippen molar-refractivity contribution in [3.8, 4) is 0 Å². The van der Waals surface area contributed by atoms with Crippen molar-refractivity contribution in [3.05, 3.63) is 22.7 Å². The predicted molar refractivity (Wildman–Crippen MR) is 64.0 cm³/mol.